The summed E-state index contributed by atoms with van der Waals surface area (Å²) >= 11 is 0. The van der Waals surface area contributed by atoms with Crippen LogP contribution in [0, 0.1) is 0 Å². The zero-order chi connectivity index (χ0) is 34.5. The molecule has 0 aromatic carbocycles. The second-order valence-corrected chi connectivity index (χ2v) is 14.0. The molecule has 0 fully saturated rings. The maximum atomic E-state index is 12.5. The highest BCUT2D eigenvalue weighted by atomic mass is 16.5. The van der Waals surface area contributed by atoms with E-state index >= 15 is 0 Å². The van der Waals surface area contributed by atoms with Crippen LogP contribution in [0.3, 0.4) is 0 Å². The number of nitrogens with zero attached hydrogens (tertiary/aromatic N) is 1. The third-order valence-electron chi connectivity index (χ3n) is 9.35. The zero-order valence-electron chi connectivity index (χ0n) is 31.6. The molecule has 0 saturated carbocycles. The molecule has 0 aromatic rings. The van der Waals surface area contributed by atoms with Crippen molar-refractivity contribution in [3.63, 3.8) is 0 Å². The van der Waals surface area contributed by atoms with Gasteiger partial charge in [0.15, 0.2) is 0 Å². The SMILES string of the molecule is CCCCCCCCCCCCCC(=O)NCC[N+](C)(CCNC(=O)CCCCCCCCCCCCC)CCOCCOCCO. The minimum absolute atomic E-state index is 0.0188. The van der Waals surface area contributed by atoms with Gasteiger partial charge in [-0.2, -0.15) is 0 Å². The van der Waals surface area contributed by atoms with Gasteiger partial charge in [-0.05, 0) is 12.8 Å². The first kappa shape index (κ1) is 45.8. The lowest BCUT2D eigenvalue weighted by molar-refractivity contribution is -0.907. The Hall–Kier alpha value is -1.22. The van der Waals surface area contributed by atoms with E-state index in [2.05, 4.69) is 31.5 Å². The molecule has 47 heavy (non-hydrogen) atoms. The molecule has 0 aliphatic heterocycles. The van der Waals surface area contributed by atoms with Crippen molar-refractivity contribution in [2.45, 2.75) is 168 Å². The molecule has 0 saturated heterocycles. The third-order valence-corrected chi connectivity index (χ3v) is 9.35. The summed E-state index contributed by atoms with van der Waals surface area (Å²) in [6.45, 7) is 10.0. The summed E-state index contributed by atoms with van der Waals surface area (Å²) in [4.78, 5) is 25.0. The number of rotatable bonds is 38. The van der Waals surface area contributed by atoms with Crippen molar-refractivity contribution < 1.29 is 28.7 Å². The summed E-state index contributed by atoms with van der Waals surface area (Å²) in [5, 5.41) is 15.1. The molecule has 8 heteroatoms. The highest BCUT2D eigenvalue weighted by Gasteiger charge is 2.22. The van der Waals surface area contributed by atoms with E-state index in [4.69, 9.17) is 14.6 Å². The molecule has 0 bridgehead atoms. The standard InChI is InChI=1S/C39H79N3O5/c1-4-6-8-10-12-14-16-18-20-22-24-26-38(44)40-28-30-42(3,32-34-46-36-37-47-35-33-43)31-29-41-39(45)27-25-23-21-19-17-15-13-11-9-7-5-2/h43H,4-37H2,1-3H3,(H-,40,41,44,45)/p+1. The molecular weight excluding hydrogens is 590 g/mol. The number of hydrogen-bond donors (Lipinski definition) is 3. The summed E-state index contributed by atoms with van der Waals surface area (Å²) in [5.74, 6) is 0.287. The average Bonchev–Trinajstić information content (AvgIpc) is 3.05. The molecule has 8 nitrogen and oxygen atoms in total. The monoisotopic (exact) mass is 671 g/mol. The average molecular weight is 671 g/mol. The molecule has 0 heterocycles. The number of nitrogens with one attached hydrogen (secondary N) is 2. The van der Waals surface area contributed by atoms with Gasteiger partial charge in [-0.3, -0.25) is 9.59 Å². The lowest BCUT2D eigenvalue weighted by atomic mass is 10.1. The van der Waals surface area contributed by atoms with Crippen LogP contribution in [0.1, 0.15) is 168 Å². The molecule has 0 radical (unpaired) electrons. The molecule has 0 rings (SSSR count). The van der Waals surface area contributed by atoms with Crippen LogP contribution in [0.15, 0.2) is 0 Å². The summed E-state index contributed by atoms with van der Waals surface area (Å²) in [5.41, 5.74) is 0. The van der Waals surface area contributed by atoms with Crippen molar-refractivity contribution in [2.75, 3.05) is 72.8 Å². The smallest absolute Gasteiger partial charge is 0.220 e. The number of likely N-dealkylation sites (N-methyl/N-ethyl adjacent to an activating group) is 1. The fourth-order valence-electron chi connectivity index (χ4n) is 6.01. The molecule has 0 unspecified atom stereocenters. The second-order valence-electron chi connectivity index (χ2n) is 14.0. The molecule has 0 atom stereocenters. The van der Waals surface area contributed by atoms with E-state index in [1.54, 1.807) is 0 Å². The normalized spacial score (nSPS) is 11.7. The van der Waals surface area contributed by atoms with Crippen LogP contribution < -0.4 is 10.6 Å². The van der Waals surface area contributed by atoms with E-state index in [0.29, 0.717) is 52.4 Å². The number of ether oxygens (including phenoxy) is 2. The Morgan fingerprint density at radius 1 is 0.489 bits per heavy atom. The van der Waals surface area contributed by atoms with Crippen molar-refractivity contribution >= 4 is 11.8 Å². The Kier molecular flexibility index (Phi) is 35.1. The van der Waals surface area contributed by atoms with Crippen LogP contribution in [-0.2, 0) is 19.1 Å². The maximum Gasteiger partial charge on any atom is 0.220 e. The number of aliphatic hydroxyl groups is 1. The van der Waals surface area contributed by atoms with Crippen LogP contribution >= 0.6 is 0 Å². The lowest BCUT2D eigenvalue weighted by Crippen LogP contribution is -2.53. The first-order valence-corrected chi connectivity index (χ1v) is 20.1. The van der Waals surface area contributed by atoms with Crippen LogP contribution in [0.5, 0.6) is 0 Å². The topological polar surface area (TPSA) is 96.9 Å². The van der Waals surface area contributed by atoms with Crippen LogP contribution in [0.4, 0.5) is 0 Å². The Morgan fingerprint density at radius 3 is 1.19 bits per heavy atom. The first-order chi connectivity index (χ1) is 23.0. The highest BCUT2D eigenvalue weighted by Crippen LogP contribution is 2.13. The fourth-order valence-corrected chi connectivity index (χ4v) is 6.01. The molecule has 0 aliphatic rings. The van der Waals surface area contributed by atoms with Gasteiger partial charge in [-0.15, -0.1) is 0 Å². The van der Waals surface area contributed by atoms with E-state index in [1.165, 1.54) is 116 Å². The third kappa shape index (κ3) is 34.4. The Labute approximate surface area is 291 Å². The molecule has 3 N–H and O–H groups in total. The quantitative estimate of drug-likeness (QED) is 0.0456. The van der Waals surface area contributed by atoms with Crippen molar-refractivity contribution in [3.05, 3.63) is 0 Å². The van der Waals surface area contributed by atoms with Crippen LogP contribution in [0.2, 0.25) is 0 Å². The van der Waals surface area contributed by atoms with E-state index < -0.39 is 0 Å². The lowest BCUT2D eigenvalue weighted by Gasteiger charge is -2.34. The van der Waals surface area contributed by atoms with E-state index in [1.807, 2.05) is 0 Å². The minimum atomic E-state index is 0.0188. The molecule has 0 spiro atoms. The van der Waals surface area contributed by atoms with Gasteiger partial charge in [0.25, 0.3) is 0 Å². The molecule has 2 amide bonds. The van der Waals surface area contributed by atoms with Gasteiger partial charge in [0.2, 0.25) is 11.8 Å². The van der Waals surface area contributed by atoms with Gasteiger partial charge in [-0.1, -0.05) is 142 Å². The summed E-state index contributed by atoms with van der Waals surface area (Å²) < 4.78 is 11.8. The molecule has 0 aliphatic carbocycles. The van der Waals surface area contributed by atoms with Crippen LogP contribution in [-0.4, -0.2) is 94.2 Å². The zero-order valence-corrected chi connectivity index (χ0v) is 31.6. The van der Waals surface area contributed by atoms with Gasteiger partial charge < -0.3 is 29.7 Å². The van der Waals surface area contributed by atoms with E-state index in [0.717, 1.165) is 49.8 Å². The maximum absolute atomic E-state index is 12.5. The van der Waals surface area contributed by atoms with Gasteiger partial charge in [0.05, 0.1) is 66.3 Å². The van der Waals surface area contributed by atoms with Crippen LogP contribution in [0.25, 0.3) is 0 Å². The number of unbranched alkanes of at least 4 members (excludes halogenated alkanes) is 20. The molecule has 280 valence electrons. The highest BCUT2D eigenvalue weighted by molar-refractivity contribution is 5.76. The van der Waals surface area contributed by atoms with E-state index in [9.17, 15) is 9.59 Å². The number of hydrogen-bond acceptors (Lipinski definition) is 5. The van der Waals surface area contributed by atoms with Crippen molar-refractivity contribution in [3.8, 4) is 0 Å². The van der Waals surface area contributed by atoms with Gasteiger partial charge in [0.1, 0.15) is 6.54 Å². The number of quaternary nitrogens is 1. The Bertz CT molecular complexity index is 635. The molecular formula is C39H80N3O5+. The number of carbonyl (C=O) groups is 2. The van der Waals surface area contributed by atoms with Gasteiger partial charge in [0, 0.05) is 12.8 Å². The Balaban J connectivity index is 4.19. The predicted octanol–water partition coefficient (Wildman–Crippen LogP) is 8.09. The summed E-state index contributed by atoms with van der Waals surface area (Å²) in [7, 11) is 2.18. The number of carbonyl (C=O) groups excluding carboxylic acids is 2. The van der Waals surface area contributed by atoms with Crippen molar-refractivity contribution in [1.82, 2.24) is 10.6 Å². The number of aliphatic hydroxyl groups excluding tert-OH is 1. The van der Waals surface area contributed by atoms with Crippen molar-refractivity contribution in [1.29, 1.82) is 0 Å². The second kappa shape index (κ2) is 36.1. The summed E-state index contributed by atoms with van der Waals surface area (Å²) in [6.07, 6.45) is 29.4. The number of amides is 2. The van der Waals surface area contributed by atoms with Gasteiger partial charge >= 0.3 is 0 Å². The Morgan fingerprint density at radius 2 is 0.830 bits per heavy atom. The fraction of sp³-hybridized carbons (Fsp3) is 0.949. The summed E-state index contributed by atoms with van der Waals surface area (Å²) in [6, 6.07) is 0. The molecule has 0 aromatic heterocycles. The van der Waals surface area contributed by atoms with E-state index in [-0.39, 0.29) is 18.4 Å². The van der Waals surface area contributed by atoms with Gasteiger partial charge in [-0.25, -0.2) is 0 Å². The van der Waals surface area contributed by atoms with Crippen molar-refractivity contribution in [2.24, 2.45) is 0 Å². The largest absolute Gasteiger partial charge is 0.394 e. The predicted molar refractivity (Wildman–Crippen MR) is 198 cm³/mol. The minimum Gasteiger partial charge on any atom is -0.394 e. The first-order valence-electron chi connectivity index (χ1n) is 20.1.